The lowest BCUT2D eigenvalue weighted by molar-refractivity contribution is -0.148. The molecule has 33 heavy (non-hydrogen) atoms. The van der Waals surface area contributed by atoms with Crippen LogP contribution in [-0.4, -0.2) is 46.2 Å². The molecular weight excluding hydrogens is 434 g/mol. The van der Waals surface area contributed by atoms with E-state index in [1.165, 1.54) is 12.1 Å². The molecule has 8 nitrogen and oxygen atoms in total. The Morgan fingerprint density at radius 3 is 2.55 bits per heavy atom. The number of hydrogen-bond acceptors (Lipinski definition) is 6. The Morgan fingerprint density at radius 1 is 1.12 bits per heavy atom. The Hall–Kier alpha value is -3.56. The molecule has 3 rings (SSSR count). The number of aromatic nitrogens is 3. The summed E-state index contributed by atoms with van der Waals surface area (Å²) in [5.74, 6) is -0.815. The molecule has 0 atom stereocenters. The van der Waals surface area contributed by atoms with Crippen LogP contribution in [0.5, 0.6) is 5.75 Å². The number of carbonyl (C=O) groups is 2. The molecule has 3 aromatic rings. The van der Waals surface area contributed by atoms with Gasteiger partial charge in [0.25, 0.3) is 5.91 Å². The number of esters is 1. The van der Waals surface area contributed by atoms with Crippen LogP contribution in [0.2, 0.25) is 0 Å². The van der Waals surface area contributed by atoms with Crippen molar-refractivity contribution in [3.63, 3.8) is 0 Å². The van der Waals surface area contributed by atoms with Crippen LogP contribution in [0.25, 0.3) is 5.65 Å². The molecule has 1 N–H and O–H groups in total. The van der Waals surface area contributed by atoms with Crippen LogP contribution in [0.3, 0.4) is 0 Å². The second kappa shape index (κ2) is 10.8. The molecule has 0 unspecified atom stereocenters. The van der Waals surface area contributed by atoms with Gasteiger partial charge in [-0.25, -0.2) is 9.50 Å². The van der Waals surface area contributed by atoms with Crippen LogP contribution in [0.15, 0.2) is 30.3 Å². The fraction of sp³-hybridized carbons (Fsp3) is 0.391. The van der Waals surface area contributed by atoms with Crippen LogP contribution in [-0.2, 0) is 27.2 Å². The van der Waals surface area contributed by atoms with Crippen LogP contribution in [0.1, 0.15) is 34.6 Å². The minimum atomic E-state index is -2.87. The van der Waals surface area contributed by atoms with Gasteiger partial charge in [-0.2, -0.15) is 13.9 Å². The molecule has 1 amide bonds. The van der Waals surface area contributed by atoms with E-state index >= 15 is 0 Å². The number of aryl methyl sites for hydroxylation is 3. The van der Waals surface area contributed by atoms with Gasteiger partial charge in [-0.3, -0.25) is 9.59 Å². The third-order valence-corrected chi connectivity index (χ3v) is 5.11. The number of rotatable bonds is 10. The van der Waals surface area contributed by atoms with Crippen molar-refractivity contribution in [2.75, 3.05) is 13.2 Å². The zero-order chi connectivity index (χ0) is 24.0. The number of nitrogens with zero attached hydrogens (tertiary/aromatic N) is 3. The van der Waals surface area contributed by atoms with Gasteiger partial charge in [0.2, 0.25) is 0 Å². The molecular formula is C23H26F2N4O4. The number of hydrogen-bond donors (Lipinski definition) is 1. The van der Waals surface area contributed by atoms with Gasteiger partial charge in [0.15, 0.2) is 12.3 Å². The van der Waals surface area contributed by atoms with Gasteiger partial charge in [0.1, 0.15) is 5.75 Å². The van der Waals surface area contributed by atoms with E-state index in [2.05, 4.69) is 20.1 Å². The largest absolute Gasteiger partial charge is 0.456 e. The summed E-state index contributed by atoms with van der Waals surface area (Å²) in [5.41, 5.74) is 5.16. The molecule has 0 bridgehead atoms. The van der Waals surface area contributed by atoms with Crippen molar-refractivity contribution in [3.05, 3.63) is 58.5 Å². The SMILES string of the molecule is Cc1cc2nc(C)c(CCC(=O)OCC(=O)NCCc3ccc(OC(F)F)cc3)c(C)n2n1. The maximum absolute atomic E-state index is 12.2. The number of nitrogens with one attached hydrogen (secondary N) is 1. The first-order valence-electron chi connectivity index (χ1n) is 10.5. The number of carbonyl (C=O) groups excluding carboxylic acids is 2. The summed E-state index contributed by atoms with van der Waals surface area (Å²) in [6.45, 7) is 2.80. The molecule has 0 saturated heterocycles. The average Bonchev–Trinajstić information content (AvgIpc) is 3.13. The molecule has 10 heteroatoms. The fourth-order valence-corrected chi connectivity index (χ4v) is 3.48. The summed E-state index contributed by atoms with van der Waals surface area (Å²) in [7, 11) is 0. The van der Waals surface area contributed by atoms with Crippen LogP contribution in [0.4, 0.5) is 8.78 Å². The molecule has 176 valence electrons. The summed E-state index contributed by atoms with van der Waals surface area (Å²) in [6, 6.07) is 8.06. The summed E-state index contributed by atoms with van der Waals surface area (Å²) >= 11 is 0. The summed E-state index contributed by atoms with van der Waals surface area (Å²) in [6.07, 6.45) is 1.05. The van der Waals surface area contributed by atoms with Gasteiger partial charge >= 0.3 is 12.6 Å². The van der Waals surface area contributed by atoms with Crippen LogP contribution < -0.4 is 10.1 Å². The fourth-order valence-electron chi connectivity index (χ4n) is 3.48. The third-order valence-electron chi connectivity index (χ3n) is 5.11. The van der Waals surface area contributed by atoms with E-state index in [0.717, 1.165) is 33.9 Å². The number of fused-ring (bicyclic) bond motifs is 1. The summed E-state index contributed by atoms with van der Waals surface area (Å²) in [4.78, 5) is 28.6. The molecule has 0 aliphatic heterocycles. The lowest BCUT2D eigenvalue weighted by atomic mass is 10.1. The molecule has 0 saturated carbocycles. The van der Waals surface area contributed by atoms with Crippen molar-refractivity contribution >= 4 is 17.5 Å². The number of alkyl halides is 2. The highest BCUT2D eigenvalue weighted by atomic mass is 19.3. The quantitative estimate of drug-likeness (QED) is 0.467. The van der Waals surface area contributed by atoms with Crippen molar-refractivity contribution in [2.45, 2.75) is 46.6 Å². The first-order valence-corrected chi connectivity index (χ1v) is 10.5. The van der Waals surface area contributed by atoms with Crippen molar-refractivity contribution in [3.8, 4) is 5.75 Å². The first-order chi connectivity index (χ1) is 15.7. The molecule has 1 aromatic carbocycles. The topological polar surface area (TPSA) is 94.8 Å². The highest BCUT2D eigenvalue weighted by molar-refractivity contribution is 5.80. The summed E-state index contributed by atoms with van der Waals surface area (Å²) in [5, 5.41) is 7.07. The van der Waals surface area contributed by atoms with Gasteiger partial charge in [-0.1, -0.05) is 12.1 Å². The number of ether oxygens (including phenoxy) is 2. The highest BCUT2D eigenvalue weighted by Gasteiger charge is 2.14. The van der Waals surface area contributed by atoms with Gasteiger partial charge in [-0.05, 0) is 56.9 Å². The molecule has 2 aromatic heterocycles. The molecule has 0 radical (unpaired) electrons. The average molecular weight is 460 g/mol. The number of benzene rings is 1. The van der Waals surface area contributed by atoms with E-state index in [1.54, 1.807) is 16.6 Å². The third kappa shape index (κ3) is 6.71. The van der Waals surface area contributed by atoms with E-state index in [9.17, 15) is 18.4 Å². The standard InChI is InChI=1S/C23H26F2N4O4/c1-14-12-20-27-15(2)19(16(3)29(20)28-14)8-9-22(31)32-13-21(30)26-11-10-17-4-6-18(7-5-17)33-23(24)25/h4-7,12,23H,8-11,13H2,1-3H3,(H,26,30). The Bertz CT molecular complexity index is 1130. The predicted octanol–water partition coefficient (Wildman–Crippen LogP) is 3.09. The van der Waals surface area contributed by atoms with E-state index in [4.69, 9.17) is 4.74 Å². The van der Waals surface area contributed by atoms with Crippen molar-refractivity contribution in [2.24, 2.45) is 0 Å². The lowest BCUT2D eigenvalue weighted by Crippen LogP contribution is -2.30. The van der Waals surface area contributed by atoms with Crippen LogP contribution >= 0.6 is 0 Å². The Morgan fingerprint density at radius 2 is 1.85 bits per heavy atom. The van der Waals surface area contributed by atoms with Crippen LogP contribution in [0, 0.1) is 20.8 Å². The summed E-state index contributed by atoms with van der Waals surface area (Å²) < 4.78 is 35.4. The van der Waals surface area contributed by atoms with Crippen molar-refractivity contribution in [1.82, 2.24) is 19.9 Å². The number of amides is 1. The number of halogens is 2. The smallest absolute Gasteiger partial charge is 0.387 e. The lowest BCUT2D eigenvalue weighted by Gasteiger charge is -2.11. The Kier molecular flexibility index (Phi) is 7.92. The van der Waals surface area contributed by atoms with E-state index in [1.807, 2.05) is 26.8 Å². The highest BCUT2D eigenvalue weighted by Crippen LogP contribution is 2.17. The molecule has 2 heterocycles. The van der Waals surface area contributed by atoms with Gasteiger partial charge < -0.3 is 14.8 Å². The Balaban J connectivity index is 1.39. The molecule has 0 aliphatic rings. The normalized spacial score (nSPS) is 11.1. The minimum absolute atomic E-state index is 0.0746. The van der Waals surface area contributed by atoms with Gasteiger partial charge in [0, 0.05) is 30.4 Å². The second-order valence-electron chi connectivity index (χ2n) is 7.60. The molecule has 0 aliphatic carbocycles. The second-order valence-corrected chi connectivity index (χ2v) is 7.60. The van der Waals surface area contributed by atoms with E-state index in [0.29, 0.717) is 19.4 Å². The first kappa shape index (κ1) is 24.1. The van der Waals surface area contributed by atoms with Gasteiger partial charge in [-0.15, -0.1) is 0 Å². The maximum Gasteiger partial charge on any atom is 0.387 e. The molecule has 0 fully saturated rings. The Labute approximate surface area is 189 Å². The monoisotopic (exact) mass is 460 g/mol. The van der Waals surface area contributed by atoms with Crippen molar-refractivity contribution in [1.29, 1.82) is 0 Å². The zero-order valence-corrected chi connectivity index (χ0v) is 18.7. The zero-order valence-electron chi connectivity index (χ0n) is 18.7. The minimum Gasteiger partial charge on any atom is -0.456 e. The van der Waals surface area contributed by atoms with E-state index in [-0.39, 0.29) is 18.8 Å². The van der Waals surface area contributed by atoms with Crippen molar-refractivity contribution < 1.29 is 27.8 Å². The molecule has 0 spiro atoms. The maximum atomic E-state index is 12.2. The predicted molar refractivity (Wildman–Crippen MR) is 116 cm³/mol. The van der Waals surface area contributed by atoms with E-state index < -0.39 is 18.5 Å². The van der Waals surface area contributed by atoms with Gasteiger partial charge in [0.05, 0.1) is 5.69 Å².